The standard InChI is InChI=1S/C16H27N3O/c1-15(2,3)10-19(7)14(20)11-8-12(16(4,5)6)18-13(17)9-11/h8-9H,10H2,1-7H3,(H2,17,18). The number of amides is 1. The molecular formula is C16H27N3O. The van der Waals surface area contributed by atoms with Crippen LogP contribution in [0.1, 0.15) is 57.6 Å². The van der Waals surface area contributed by atoms with Crippen LogP contribution >= 0.6 is 0 Å². The summed E-state index contributed by atoms with van der Waals surface area (Å²) in [4.78, 5) is 18.6. The maximum Gasteiger partial charge on any atom is 0.253 e. The van der Waals surface area contributed by atoms with Gasteiger partial charge < -0.3 is 10.6 Å². The number of nitrogens with two attached hydrogens (primary N) is 1. The van der Waals surface area contributed by atoms with Crippen molar-refractivity contribution in [3.05, 3.63) is 23.4 Å². The number of hydrogen-bond acceptors (Lipinski definition) is 3. The quantitative estimate of drug-likeness (QED) is 0.903. The van der Waals surface area contributed by atoms with E-state index in [0.717, 1.165) is 5.69 Å². The Morgan fingerprint density at radius 2 is 1.75 bits per heavy atom. The van der Waals surface area contributed by atoms with Crippen LogP contribution in [0.25, 0.3) is 0 Å². The van der Waals surface area contributed by atoms with E-state index in [1.54, 1.807) is 11.0 Å². The monoisotopic (exact) mass is 277 g/mol. The molecular weight excluding hydrogens is 250 g/mol. The number of anilines is 1. The molecule has 0 radical (unpaired) electrons. The minimum atomic E-state index is -0.132. The Balaban J connectivity index is 3.08. The van der Waals surface area contributed by atoms with Gasteiger partial charge in [-0.2, -0.15) is 0 Å². The van der Waals surface area contributed by atoms with Gasteiger partial charge in [0.25, 0.3) is 5.91 Å². The summed E-state index contributed by atoms with van der Waals surface area (Å²) in [6, 6.07) is 3.49. The van der Waals surface area contributed by atoms with Crippen molar-refractivity contribution in [2.45, 2.75) is 47.0 Å². The van der Waals surface area contributed by atoms with Gasteiger partial charge in [-0.3, -0.25) is 4.79 Å². The van der Waals surface area contributed by atoms with Crippen molar-refractivity contribution in [2.24, 2.45) is 5.41 Å². The van der Waals surface area contributed by atoms with Gasteiger partial charge in [0.1, 0.15) is 5.82 Å². The van der Waals surface area contributed by atoms with Crippen molar-refractivity contribution in [2.75, 3.05) is 19.3 Å². The molecule has 1 aromatic rings. The molecule has 20 heavy (non-hydrogen) atoms. The van der Waals surface area contributed by atoms with Gasteiger partial charge in [-0.1, -0.05) is 41.5 Å². The van der Waals surface area contributed by atoms with Gasteiger partial charge >= 0.3 is 0 Å². The fraction of sp³-hybridized carbons (Fsp3) is 0.625. The fourth-order valence-electron chi connectivity index (χ4n) is 2.06. The third kappa shape index (κ3) is 4.51. The number of nitrogen functional groups attached to an aromatic ring is 1. The summed E-state index contributed by atoms with van der Waals surface area (Å²) in [6.45, 7) is 13.2. The van der Waals surface area contributed by atoms with Crippen LogP contribution in [0.5, 0.6) is 0 Å². The lowest BCUT2D eigenvalue weighted by molar-refractivity contribution is 0.0745. The molecule has 1 rings (SSSR count). The maximum atomic E-state index is 12.5. The average Bonchev–Trinajstić information content (AvgIpc) is 2.23. The number of hydrogen-bond donors (Lipinski definition) is 1. The Kier molecular flexibility index (Phi) is 4.47. The first kappa shape index (κ1) is 16.5. The number of pyridine rings is 1. The van der Waals surface area contributed by atoms with Crippen molar-refractivity contribution < 1.29 is 4.79 Å². The summed E-state index contributed by atoms with van der Waals surface area (Å²) in [5.74, 6) is 0.379. The molecule has 0 bridgehead atoms. The largest absolute Gasteiger partial charge is 0.384 e. The first-order chi connectivity index (χ1) is 8.90. The van der Waals surface area contributed by atoms with Gasteiger partial charge in [-0.25, -0.2) is 4.98 Å². The van der Waals surface area contributed by atoms with Gasteiger partial charge in [0, 0.05) is 30.3 Å². The zero-order valence-electron chi connectivity index (χ0n) is 13.7. The number of rotatable bonds is 2. The summed E-state index contributed by atoms with van der Waals surface area (Å²) in [6.07, 6.45) is 0. The summed E-state index contributed by atoms with van der Waals surface area (Å²) in [5.41, 5.74) is 7.22. The highest BCUT2D eigenvalue weighted by Crippen LogP contribution is 2.23. The van der Waals surface area contributed by atoms with E-state index < -0.39 is 0 Å². The third-order valence-electron chi connectivity index (χ3n) is 2.92. The second-order valence-electron chi connectivity index (χ2n) is 7.64. The highest BCUT2D eigenvalue weighted by molar-refractivity contribution is 5.94. The molecule has 0 aromatic carbocycles. The van der Waals surface area contributed by atoms with Crippen LogP contribution in [0.3, 0.4) is 0 Å². The minimum absolute atomic E-state index is 0.0143. The average molecular weight is 277 g/mol. The molecule has 0 fully saturated rings. The van der Waals surface area contributed by atoms with E-state index >= 15 is 0 Å². The highest BCUT2D eigenvalue weighted by Gasteiger charge is 2.22. The van der Waals surface area contributed by atoms with Crippen LogP contribution in [-0.4, -0.2) is 29.4 Å². The summed E-state index contributed by atoms with van der Waals surface area (Å²) in [5, 5.41) is 0. The molecule has 2 N–H and O–H groups in total. The maximum absolute atomic E-state index is 12.5. The number of carbonyl (C=O) groups excluding carboxylic acids is 1. The van der Waals surface area contributed by atoms with Crippen molar-refractivity contribution >= 4 is 11.7 Å². The van der Waals surface area contributed by atoms with Crippen LogP contribution in [0.2, 0.25) is 0 Å². The molecule has 1 amide bonds. The smallest absolute Gasteiger partial charge is 0.253 e. The van der Waals surface area contributed by atoms with E-state index in [0.29, 0.717) is 17.9 Å². The first-order valence-corrected chi connectivity index (χ1v) is 6.94. The molecule has 0 aliphatic heterocycles. The molecule has 0 aliphatic rings. The van der Waals surface area contributed by atoms with Gasteiger partial charge in [0.05, 0.1) is 0 Å². The van der Waals surface area contributed by atoms with Crippen LogP contribution in [0.15, 0.2) is 12.1 Å². The van der Waals surface area contributed by atoms with Gasteiger partial charge in [-0.15, -0.1) is 0 Å². The van der Waals surface area contributed by atoms with Crippen molar-refractivity contribution in [3.8, 4) is 0 Å². The van der Waals surface area contributed by atoms with E-state index in [9.17, 15) is 4.79 Å². The van der Waals surface area contributed by atoms with Gasteiger partial charge in [-0.05, 0) is 17.5 Å². The Labute approximate surface area is 122 Å². The minimum Gasteiger partial charge on any atom is -0.384 e. The molecule has 0 aliphatic carbocycles. The Hall–Kier alpha value is -1.58. The third-order valence-corrected chi connectivity index (χ3v) is 2.92. The van der Waals surface area contributed by atoms with Crippen LogP contribution in [0.4, 0.5) is 5.82 Å². The summed E-state index contributed by atoms with van der Waals surface area (Å²) in [7, 11) is 1.82. The predicted molar refractivity (Wildman–Crippen MR) is 83.8 cm³/mol. The van der Waals surface area contributed by atoms with E-state index in [2.05, 4.69) is 46.5 Å². The van der Waals surface area contributed by atoms with E-state index in [1.165, 1.54) is 0 Å². The molecule has 0 spiro atoms. The number of nitrogens with zero attached hydrogens (tertiary/aromatic N) is 2. The first-order valence-electron chi connectivity index (χ1n) is 6.94. The van der Waals surface area contributed by atoms with E-state index in [-0.39, 0.29) is 16.7 Å². The molecule has 1 heterocycles. The van der Waals surface area contributed by atoms with Gasteiger partial charge in [0.2, 0.25) is 0 Å². The predicted octanol–water partition coefficient (Wildman–Crippen LogP) is 3.08. The molecule has 4 heteroatoms. The number of carbonyl (C=O) groups is 1. The van der Waals surface area contributed by atoms with Crippen molar-refractivity contribution in [3.63, 3.8) is 0 Å². The topological polar surface area (TPSA) is 59.2 Å². The second kappa shape index (κ2) is 5.43. The zero-order chi connectivity index (χ0) is 15.7. The van der Waals surface area contributed by atoms with Crippen molar-refractivity contribution in [1.82, 2.24) is 9.88 Å². The lowest BCUT2D eigenvalue weighted by Gasteiger charge is -2.27. The van der Waals surface area contributed by atoms with Crippen LogP contribution in [0, 0.1) is 5.41 Å². The SMILES string of the molecule is CN(CC(C)(C)C)C(=O)c1cc(N)nc(C(C)(C)C)c1. The summed E-state index contributed by atoms with van der Waals surface area (Å²) < 4.78 is 0. The molecule has 1 aromatic heterocycles. The summed E-state index contributed by atoms with van der Waals surface area (Å²) >= 11 is 0. The van der Waals surface area contributed by atoms with E-state index in [1.807, 2.05) is 13.1 Å². The molecule has 0 atom stereocenters. The molecule has 0 unspecified atom stereocenters. The normalized spacial score (nSPS) is 12.3. The highest BCUT2D eigenvalue weighted by atomic mass is 16.2. The zero-order valence-corrected chi connectivity index (χ0v) is 13.7. The fourth-order valence-corrected chi connectivity index (χ4v) is 2.06. The van der Waals surface area contributed by atoms with Gasteiger partial charge in [0.15, 0.2) is 0 Å². The van der Waals surface area contributed by atoms with E-state index in [4.69, 9.17) is 5.73 Å². The van der Waals surface area contributed by atoms with Crippen molar-refractivity contribution in [1.29, 1.82) is 0 Å². The lowest BCUT2D eigenvalue weighted by Crippen LogP contribution is -2.34. The molecule has 4 nitrogen and oxygen atoms in total. The molecule has 112 valence electrons. The Bertz CT molecular complexity index is 495. The van der Waals surface area contributed by atoms with Crippen LogP contribution < -0.4 is 5.73 Å². The second-order valence-corrected chi connectivity index (χ2v) is 7.64. The molecule has 0 saturated heterocycles. The van der Waals surface area contributed by atoms with Crippen LogP contribution in [-0.2, 0) is 5.41 Å². The number of aromatic nitrogens is 1. The Morgan fingerprint density at radius 1 is 1.20 bits per heavy atom. The Morgan fingerprint density at radius 3 is 2.20 bits per heavy atom. The lowest BCUT2D eigenvalue weighted by atomic mass is 9.90. The molecule has 0 saturated carbocycles.